The summed E-state index contributed by atoms with van der Waals surface area (Å²) in [5.41, 5.74) is 1.75. The van der Waals surface area contributed by atoms with Crippen LogP contribution < -0.4 is 4.90 Å². The summed E-state index contributed by atoms with van der Waals surface area (Å²) in [7, 11) is 0. The number of carbonyl (C=O) groups is 2. The molecule has 140 valence electrons. The summed E-state index contributed by atoms with van der Waals surface area (Å²) in [6.07, 6.45) is 5.95. The van der Waals surface area contributed by atoms with Gasteiger partial charge < -0.3 is 14.9 Å². The average Bonchev–Trinajstić information content (AvgIpc) is 3.40. The molecule has 1 aliphatic carbocycles. The SMILES string of the molecule is Cc1cnc(C)c(N2CCC3(CC2)CC(C(=O)O)N(C(=O)C2CC2)C3)n1. The molecule has 2 aliphatic heterocycles. The van der Waals surface area contributed by atoms with Crippen molar-refractivity contribution in [2.75, 3.05) is 24.5 Å². The van der Waals surface area contributed by atoms with Crippen LogP contribution in [0, 0.1) is 25.2 Å². The molecule has 1 atom stereocenters. The number of rotatable bonds is 3. The number of anilines is 1. The number of nitrogens with zero attached hydrogens (tertiary/aromatic N) is 4. The Balaban J connectivity index is 1.48. The molecule has 1 aromatic heterocycles. The lowest BCUT2D eigenvalue weighted by Crippen LogP contribution is -2.44. The highest BCUT2D eigenvalue weighted by molar-refractivity contribution is 5.87. The molecule has 3 heterocycles. The minimum atomic E-state index is -0.862. The maximum Gasteiger partial charge on any atom is 0.326 e. The topological polar surface area (TPSA) is 86.6 Å². The fraction of sp³-hybridized carbons (Fsp3) is 0.684. The summed E-state index contributed by atoms with van der Waals surface area (Å²) < 4.78 is 0. The van der Waals surface area contributed by atoms with Crippen molar-refractivity contribution in [3.63, 3.8) is 0 Å². The number of aryl methyl sites for hydroxylation is 2. The van der Waals surface area contributed by atoms with E-state index in [-0.39, 0.29) is 17.2 Å². The van der Waals surface area contributed by atoms with E-state index in [1.54, 1.807) is 11.1 Å². The molecule has 3 aliphatic rings. The van der Waals surface area contributed by atoms with Crippen LogP contribution in [0.2, 0.25) is 0 Å². The summed E-state index contributed by atoms with van der Waals surface area (Å²) in [4.78, 5) is 37.2. The summed E-state index contributed by atoms with van der Waals surface area (Å²) in [6, 6.07) is -0.657. The van der Waals surface area contributed by atoms with E-state index in [4.69, 9.17) is 0 Å². The Labute approximate surface area is 153 Å². The number of carbonyl (C=O) groups excluding carboxylic acids is 1. The van der Waals surface area contributed by atoms with Crippen LogP contribution in [0.25, 0.3) is 0 Å². The third-order valence-electron chi connectivity index (χ3n) is 6.18. The Morgan fingerprint density at radius 2 is 1.92 bits per heavy atom. The van der Waals surface area contributed by atoms with Gasteiger partial charge in [0, 0.05) is 31.7 Å². The molecule has 7 nitrogen and oxygen atoms in total. The second-order valence-electron chi connectivity index (χ2n) is 8.21. The monoisotopic (exact) mass is 358 g/mol. The fourth-order valence-corrected chi connectivity index (χ4v) is 4.45. The van der Waals surface area contributed by atoms with Crippen molar-refractivity contribution < 1.29 is 14.7 Å². The van der Waals surface area contributed by atoms with E-state index in [9.17, 15) is 14.7 Å². The Kier molecular flexibility index (Phi) is 4.12. The number of carboxylic acids is 1. The van der Waals surface area contributed by atoms with Gasteiger partial charge in [-0.1, -0.05) is 0 Å². The molecule has 0 radical (unpaired) electrons. The molecule has 1 amide bonds. The summed E-state index contributed by atoms with van der Waals surface area (Å²) in [5, 5.41) is 9.62. The van der Waals surface area contributed by atoms with Gasteiger partial charge in [-0.25, -0.2) is 9.78 Å². The quantitative estimate of drug-likeness (QED) is 0.886. The predicted octanol–water partition coefficient (Wildman–Crippen LogP) is 1.78. The smallest absolute Gasteiger partial charge is 0.326 e. The largest absolute Gasteiger partial charge is 0.480 e. The Morgan fingerprint density at radius 3 is 2.54 bits per heavy atom. The van der Waals surface area contributed by atoms with Gasteiger partial charge in [-0.3, -0.25) is 9.78 Å². The zero-order valence-corrected chi connectivity index (χ0v) is 15.4. The molecule has 7 heteroatoms. The second kappa shape index (κ2) is 6.21. The Morgan fingerprint density at radius 1 is 1.23 bits per heavy atom. The van der Waals surface area contributed by atoms with Crippen LogP contribution in [0.1, 0.15) is 43.5 Å². The summed E-state index contributed by atoms with van der Waals surface area (Å²) in [6.45, 7) is 6.16. The molecule has 4 rings (SSSR count). The first kappa shape index (κ1) is 17.2. The van der Waals surface area contributed by atoms with Crippen LogP contribution in [-0.2, 0) is 9.59 Å². The fourth-order valence-electron chi connectivity index (χ4n) is 4.45. The number of amides is 1. The van der Waals surface area contributed by atoms with Crippen molar-refractivity contribution in [3.05, 3.63) is 17.6 Å². The first-order valence-electron chi connectivity index (χ1n) is 9.47. The molecule has 2 saturated heterocycles. The molecular formula is C19H26N4O3. The molecule has 1 spiro atoms. The van der Waals surface area contributed by atoms with E-state index in [0.29, 0.717) is 13.0 Å². The average molecular weight is 358 g/mol. The molecule has 1 unspecified atom stereocenters. The molecule has 3 fully saturated rings. The lowest BCUT2D eigenvalue weighted by molar-refractivity contribution is -0.148. The van der Waals surface area contributed by atoms with Crippen molar-refractivity contribution >= 4 is 17.7 Å². The Hall–Kier alpha value is -2.18. The molecule has 0 aromatic carbocycles. The molecular weight excluding hydrogens is 332 g/mol. The number of aliphatic carboxylic acids is 1. The number of piperidine rings is 1. The molecule has 26 heavy (non-hydrogen) atoms. The van der Waals surface area contributed by atoms with Crippen molar-refractivity contribution in [2.45, 2.75) is 52.0 Å². The Bertz CT molecular complexity index is 738. The minimum absolute atomic E-state index is 0.0529. The maximum absolute atomic E-state index is 12.6. The van der Waals surface area contributed by atoms with Gasteiger partial charge in [0.05, 0.1) is 11.4 Å². The van der Waals surface area contributed by atoms with E-state index in [1.807, 2.05) is 13.8 Å². The van der Waals surface area contributed by atoms with Gasteiger partial charge in [0.15, 0.2) is 0 Å². The van der Waals surface area contributed by atoms with Gasteiger partial charge in [-0.15, -0.1) is 0 Å². The highest BCUT2D eigenvalue weighted by atomic mass is 16.4. The minimum Gasteiger partial charge on any atom is -0.480 e. The van der Waals surface area contributed by atoms with Gasteiger partial charge in [-0.2, -0.15) is 0 Å². The third-order valence-corrected chi connectivity index (χ3v) is 6.18. The van der Waals surface area contributed by atoms with Crippen molar-refractivity contribution in [3.8, 4) is 0 Å². The van der Waals surface area contributed by atoms with Gasteiger partial charge >= 0.3 is 5.97 Å². The predicted molar refractivity (Wildman–Crippen MR) is 95.9 cm³/mol. The maximum atomic E-state index is 12.6. The number of hydrogen-bond acceptors (Lipinski definition) is 5. The van der Waals surface area contributed by atoms with Gasteiger partial charge in [0.25, 0.3) is 0 Å². The van der Waals surface area contributed by atoms with Crippen LogP contribution in [0.4, 0.5) is 5.82 Å². The van der Waals surface area contributed by atoms with Crippen LogP contribution in [0.15, 0.2) is 6.20 Å². The third kappa shape index (κ3) is 3.04. The number of hydrogen-bond donors (Lipinski definition) is 1. The second-order valence-corrected chi connectivity index (χ2v) is 8.21. The highest BCUT2D eigenvalue weighted by Crippen LogP contribution is 2.46. The standard InChI is InChI=1S/C19H26N4O3/c1-12-10-20-13(2)16(21-12)22-7-5-19(6-8-22)9-15(18(25)26)23(11-19)17(24)14-3-4-14/h10,14-15H,3-9,11H2,1-2H3,(H,25,26). The van der Waals surface area contributed by atoms with Crippen molar-refractivity contribution in [1.82, 2.24) is 14.9 Å². The van der Waals surface area contributed by atoms with Crippen LogP contribution in [-0.4, -0.2) is 57.5 Å². The zero-order valence-electron chi connectivity index (χ0n) is 15.4. The van der Waals surface area contributed by atoms with E-state index in [0.717, 1.165) is 56.0 Å². The molecule has 1 saturated carbocycles. The van der Waals surface area contributed by atoms with Crippen molar-refractivity contribution in [2.24, 2.45) is 11.3 Å². The first-order chi connectivity index (χ1) is 12.4. The lowest BCUT2D eigenvalue weighted by atomic mass is 9.76. The van der Waals surface area contributed by atoms with Gasteiger partial charge in [0.1, 0.15) is 11.9 Å². The van der Waals surface area contributed by atoms with Gasteiger partial charge in [-0.05, 0) is 51.4 Å². The molecule has 1 N–H and O–H groups in total. The van der Waals surface area contributed by atoms with E-state index < -0.39 is 12.0 Å². The van der Waals surface area contributed by atoms with Crippen molar-refractivity contribution in [1.29, 1.82) is 0 Å². The molecule has 1 aromatic rings. The van der Waals surface area contributed by atoms with E-state index in [2.05, 4.69) is 14.9 Å². The van der Waals surface area contributed by atoms with Crippen LogP contribution >= 0.6 is 0 Å². The summed E-state index contributed by atoms with van der Waals surface area (Å²) >= 11 is 0. The lowest BCUT2D eigenvalue weighted by Gasteiger charge is -2.40. The van der Waals surface area contributed by atoms with E-state index in [1.165, 1.54) is 0 Å². The summed E-state index contributed by atoms with van der Waals surface area (Å²) in [5.74, 6) is 0.187. The normalized spacial score (nSPS) is 24.9. The number of likely N-dealkylation sites (tertiary alicyclic amines) is 1. The van der Waals surface area contributed by atoms with Crippen LogP contribution in [0.3, 0.4) is 0 Å². The number of aromatic nitrogens is 2. The number of carboxylic acid groups (broad SMARTS) is 1. The van der Waals surface area contributed by atoms with Crippen LogP contribution in [0.5, 0.6) is 0 Å². The van der Waals surface area contributed by atoms with E-state index >= 15 is 0 Å². The molecule has 0 bridgehead atoms. The van der Waals surface area contributed by atoms with Gasteiger partial charge in [0.2, 0.25) is 5.91 Å². The zero-order chi connectivity index (χ0) is 18.5. The first-order valence-corrected chi connectivity index (χ1v) is 9.47. The highest BCUT2D eigenvalue weighted by Gasteiger charge is 2.51.